The monoisotopic (exact) mass is 378 g/mol. The van der Waals surface area contributed by atoms with Gasteiger partial charge in [-0.1, -0.05) is 12.1 Å². The molecule has 0 unspecified atom stereocenters. The minimum atomic E-state index is -0.359. The van der Waals surface area contributed by atoms with Crippen LogP contribution in [0.15, 0.2) is 48.9 Å². The van der Waals surface area contributed by atoms with E-state index in [1.807, 2.05) is 24.3 Å². The van der Waals surface area contributed by atoms with Crippen LogP contribution < -0.4 is 0 Å². The van der Waals surface area contributed by atoms with Crippen LogP contribution in [-0.2, 0) is 11.2 Å². The number of halogens is 1. The molecule has 6 heteroatoms. The number of pyridine rings is 2. The molecule has 0 saturated carbocycles. The minimum absolute atomic E-state index is 0.182. The van der Waals surface area contributed by atoms with Gasteiger partial charge in [0.25, 0.3) is 0 Å². The van der Waals surface area contributed by atoms with Crippen molar-refractivity contribution in [3.63, 3.8) is 0 Å². The number of rotatable bonds is 5. The lowest BCUT2D eigenvalue weighted by Crippen LogP contribution is -2.46. The van der Waals surface area contributed by atoms with E-state index >= 15 is 0 Å². The van der Waals surface area contributed by atoms with Crippen LogP contribution in [0, 0.1) is 5.82 Å². The van der Waals surface area contributed by atoms with Gasteiger partial charge in [0.1, 0.15) is 5.82 Å². The van der Waals surface area contributed by atoms with Crippen molar-refractivity contribution in [3.8, 4) is 11.1 Å². The summed E-state index contributed by atoms with van der Waals surface area (Å²) in [7, 11) is 2.10. The zero-order chi connectivity index (χ0) is 19.5. The Morgan fingerprint density at radius 2 is 1.82 bits per heavy atom. The van der Waals surface area contributed by atoms with Gasteiger partial charge in [-0.05, 0) is 36.2 Å². The Bertz CT molecular complexity index is 999. The van der Waals surface area contributed by atoms with Gasteiger partial charge in [0.15, 0.2) is 5.78 Å². The van der Waals surface area contributed by atoms with E-state index in [1.165, 1.54) is 12.3 Å². The molecule has 0 spiro atoms. The summed E-state index contributed by atoms with van der Waals surface area (Å²) in [6.45, 7) is 4.33. The second kappa shape index (κ2) is 8.12. The normalized spacial score (nSPS) is 15.8. The average Bonchev–Trinajstić information content (AvgIpc) is 2.69. The van der Waals surface area contributed by atoms with Gasteiger partial charge >= 0.3 is 0 Å². The Hall–Kier alpha value is -2.70. The third kappa shape index (κ3) is 4.40. The van der Waals surface area contributed by atoms with Crippen molar-refractivity contribution in [2.24, 2.45) is 0 Å². The summed E-state index contributed by atoms with van der Waals surface area (Å²) in [5.74, 6) is -0.176. The maximum Gasteiger partial charge on any atom is 0.152 e. The van der Waals surface area contributed by atoms with Crippen LogP contribution in [0.2, 0.25) is 0 Å². The molecule has 1 aromatic carbocycles. The predicted molar refractivity (Wildman–Crippen MR) is 108 cm³/mol. The number of nitrogens with zero attached hydrogens (tertiary/aromatic N) is 4. The molecule has 3 aromatic rings. The Balaban J connectivity index is 1.49. The lowest BCUT2D eigenvalue weighted by molar-refractivity contribution is -0.120. The van der Waals surface area contributed by atoms with Crippen LogP contribution in [0.5, 0.6) is 0 Å². The van der Waals surface area contributed by atoms with E-state index in [0.29, 0.717) is 13.0 Å². The molecule has 3 heterocycles. The third-order valence-corrected chi connectivity index (χ3v) is 5.19. The number of hydrogen-bond acceptors (Lipinski definition) is 5. The fourth-order valence-electron chi connectivity index (χ4n) is 3.55. The Labute approximate surface area is 163 Å². The number of piperazine rings is 1. The minimum Gasteiger partial charge on any atom is -0.304 e. The van der Waals surface area contributed by atoms with E-state index < -0.39 is 0 Å². The van der Waals surface area contributed by atoms with Crippen LogP contribution in [0.4, 0.5) is 4.39 Å². The quantitative estimate of drug-likeness (QED) is 0.683. The number of aromatic nitrogens is 2. The second-order valence-electron chi connectivity index (χ2n) is 7.42. The average molecular weight is 378 g/mol. The molecule has 0 bridgehead atoms. The lowest BCUT2D eigenvalue weighted by atomic mass is 10.0. The maximum atomic E-state index is 13.5. The van der Waals surface area contributed by atoms with Crippen molar-refractivity contribution < 1.29 is 9.18 Å². The van der Waals surface area contributed by atoms with Gasteiger partial charge in [0.05, 0.1) is 19.2 Å². The van der Waals surface area contributed by atoms with Gasteiger partial charge in [0, 0.05) is 55.2 Å². The van der Waals surface area contributed by atoms with Crippen LogP contribution in [-0.4, -0.2) is 65.3 Å². The highest BCUT2D eigenvalue weighted by atomic mass is 19.1. The summed E-state index contributed by atoms with van der Waals surface area (Å²) in [4.78, 5) is 25.3. The molecule has 0 aliphatic carbocycles. The fourth-order valence-corrected chi connectivity index (χ4v) is 3.55. The van der Waals surface area contributed by atoms with Gasteiger partial charge in [-0.15, -0.1) is 0 Å². The summed E-state index contributed by atoms with van der Waals surface area (Å²) >= 11 is 0. The first-order valence-corrected chi connectivity index (χ1v) is 9.49. The topological polar surface area (TPSA) is 49.3 Å². The van der Waals surface area contributed by atoms with E-state index in [1.54, 1.807) is 12.4 Å². The molecule has 144 valence electrons. The molecular weight excluding hydrogens is 355 g/mol. The molecule has 0 radical (unpaired) electrons. The van der Waals surface area contributed by atoms with Gasteiger partial charge in [-0.25, -0.2) is 4.39 Å². The summed E-state index contributed by atoms with van der Waals surface area (Å²) in [5.41, 5.74) is 2.38. The van der Waals surface area contributed by atoms with E-state index in [-0.39, 0.29) is 11.6 Å². The molecule has 0 amide bonds. The second-order valence-corrected chi connectivity index (χ2v) is 7.42. The molecule has 28 heavy (non-hydrogen) atoms. The number of carbonyl (C=O) groups excluding carboxylic acids is 1. The van der Waals surface area contributed by atoms with Crippen LogP contribution in [0.3, 0.4) is 0 Å². The van der Waals surface area contributed by atoms with Gasteiger partial charge in [-0.2, -0.15) is 0 Å². The standard InChI is InChI=1S/C22H23FN4O/c1-26-4-6-27(7-5-26)15-22(28)11-21-10-18-8-16(2-3-17(18)13-25-21)19-9-20(23)14-24-12-19/h2-3,8-10,12-14H,4-7,11,15H2,1H3. The number of Topliss-reactive ketones (excluding diaryl/α,β-unsaturated/α-hetero) is 1. The van der Waals surface area contributed by atoms with Gasteiger partial charge < -0.3 is 4.90 Å². The van der Waals surface area contributed by atoms with E-state index in [2.05, 4.69) is 26.8 Å². The molecule has 1 aliphatic rings. The van der Waals surface area contributed by atoms with Crippen molar-refractivity contribution >= 4 is 16.6 Å². The van der Waals surface area contributed by atoms with Crippen molar-refractivity contribution in [2.75, 3.05) is 39.8 Å². The number of carbonyl (C=O) groups is 1. The zero-order valence-corrected chi connectivity index (χ0v) is 15.9. The third-order valence-electron chi connectivity index (χ3n) is 5.19. The molecule has 2 aromatic heterocycles. The molecule has 1 aliphatic heterocycles. The van der Waals surface area contributed by atoms with Crippen molar-refractivity contribution in [1.29, 1.82) is 0 Å². The Morgan fingerprint density at radius 1 is 1.00 bits per heavy atom. The van der Waals surface area contributed by atoms with Crippen molar-refractivity contribution in [1.82, 2.24) is 19.8 Å². The smallest absolute Gasteiger partial charge is 0.152 e. The maximum absolute atomic E-state index is 13.5. The summed E-state index contributed by atoms with van der Waals surface area (Å²) in [6, 6.07) is 9.29. The largest absolute Gasteiger partial charge is 0.304 e. The highest BCUT2D eigenvalue weighted by Crippen LogP contribution is 2.24. The van der Waals surface area contributed by atoms with E-state index in [0.717, 1.165) is 53.8 Å². The number of ketones is 1. The summed E-state index contributed by atoms with van der Waals surface area (Å²) < 4.78 is 13.5. The number of hydrogen-bond donors (Lipinski definition) is 0. The van der Waals surface area contributed by atoms with Crippen molar-refractivity contribution in [3.05, 3.63) is 60.4 Å². The first-order chi connectivity index (χ1) is 13.6. The highest BCUT2D eigenvalue weighted by molar-refractivity contribution is 5.88. The first-order valence-electron chi connectivity index (χ1n) is 9.49. The highest BCUT2D eigenvalue weighted by Gasteiger charge is 2.17. The lowest BCUT2D eigenvalue weighted by Gasteiger charge is -2.31. The molecule has 1 saturated heterocycles. The molecule has 1 fully saturated rings. The molecule has 5 nitrogen and oxygen atoms in total. The summed E-state index contributed by atoms with van der Waals surface area (Å²) in [6.07, 6.45) is 4.96. The fraction of sp³-hybridized carbons (Fsp3) is 0.318. The number of fused-ring (bicyclic) bond motifs is 1. The predicted octanol–water partition coefficient (Wildman–Crippen LogP) is 2.79. The Kier molecular flexibility index (Phi) is 5.41. The molecular formula is C22H23FN4O. The molecule has 0 atom stereocenters. The molecule has 0 N–H and O–H groups in total. The summed E-state index contributed by atoms with van der Waals surface area (Å²) in [5, 5.41) is 1.97. The van der Waals surface area contributed by atoms with E-state index in [4.69, 9.17) is 0 Å². The van der Waals surface area contributed by atoms with Crippen molar-refractivity contribution in [2.45, 2.75) is 6.42 Å². The zero-order valence-electron chi connectivity index (χ0n) is 15.9. The van der Waals surface area contributed by atoms with Crippen LogP contribution >= 0.6 is 0 Å². The van der Waals surface area contributed by atoms with Crippen LogP contribution in [0.1, 0.15) is 5.69 Å². The number of benzene rings is 1. The van der Waals surface area contributed by atoms with Gasteiger partial charge in [0.2, 0.25) is 0 Å². The van der Waals surface area contributed by atoms with E-state index in [9.17, 15) is 9.18 Å². The SMILES string of the molecule is CN1CCN(CC(=O)Cc2cc3cc(-c4cncc(F)c4)ccc3cn2)CC1. The number of likely N-dealkylation sites (N-methyl/N-ethyl adjacent to an activating group) is 1. The first kappa shape index (κ1) is 18.7. The Morgan fingerprint density at radius 3 is 2.61 bits per heavy atom. The van der Waals surface area contributed by atoms with Crippen LogP contribution in [0.25, 0.3) is 21.9 Å². The van der Waals surface area contributed by atoms with Gasteiger partial charge in [-0.3, -0.25) is 19.7 Å². The molecule has 4 rings (SSSR count).